The molecule has 2 aliphatic heterocycles. The molecule has 2 aliphatic rings. The Balaban J connectivity index is 1.89. The number of carboxylic acids is 1. The van der Waals surface area contributed by atoms with E-state index in [1.165, 1.54) is 0 Å². The largest absolute Gasteiger partial charge is 0.481 e. The fourth-order valence-electron chi connectivity index (χ4n) is 4.09. The molecule has 0 bridgehead atoms. The van der Waals surface area contributed by atoms with Crippen LogP contribution in [0.3, 0.4) is 0 Å². The van der Waals surface area contributed by atoms with Gasteiger partial charge < -0.3 is 19.6 Å². The first kappa shape index (κ1) is 20.5. The summed E-state index contributed by atoms with van der Waals surface area (Å²) in [6.07, 6.45) is 1.31. The number of cyclic esters (lactones) is 1. The zero-order valence-electron chi connectivity index (χ0n) is 15.8. The van der Waals surface area contributed by atoms with Crippen molar-refractivity contribution in [3.05, 3.63) is 34.9 Å². The Morgan fingerprint density at radius 2 is 2.00 bits per heavy atom. The number of aliphatic carboxylic acids is 1. The zero-order chi connectivity index (χ0) is 20.3. The predicted molar refractivity (Wildman–Crippen MR) is 103 cm³/mol. The normalized spacial score (nSPS) is 23.6. The van der Waals surface area contributed by atoms with Crippen molar-refractivity contribution in [2.75, 3.05) is 19.7 Å². The highest BCUT2D eigenvalue weighted by atomic mass is 35.5. The Hall–Kier alpha value is -2.28. The average Bonchev–Trinajstić information content (AvgIpc) is 3.06. The van der Waals surface area contributed by atoms with Crippen molar-refractivity contribution >= 4 is 29.6 Å². The van der Waals surface area contributed by atoms with Crippen LogP contribution in [0.15, 0.2) is 24.3 Å². The van der Waals surface area contributed by atoms with Gasteiger partial charge >= 0.3 is 12.1 Å². The van der Waals surface area contributed by atoms with Crippen LogP contribution in [0.5, 0.6) is 0 Å². The van der Waals surface area contributed by atoms with Gasteiger partial charge in [0.05, 0.1) is 19.0 Å². The number of piperidine rings is 1. The second-order valence-electron chi connectivity index (χ2n) is 7.31. The maximum atomic E-state index is 13.3. The van der Waals surface area contributed by atoms with Crippen LogP contribution < -0.4 is 0 Å². The Labute approximate surface area is 169 Å². The third-order valence-electron chi connectivity index (χ3n) is 5.54. The fourth-order valence-corrected chi connectivity index (χ4v) is 4.22. The molecule has 2 heterocycles. The molecule has 3 unspecified atom stereocenters. The minimum Gasteiger partial charge on any atom is -0.481 e. The molecular weight excluding hydrogens is 384 g/mol. The number of halogens is 1. The maximum Gasteiger partial charge on any atom is 0.410 e. The van der Waals surface area contributed by atoms with Gasteiger partial charge in [0.1, 0.15) is 6.61 Å². The molecule has 3 atom stereocenters. The quantitative estimate of drug-likeness (QED) is 0.747. The van der Waals surface area contributed by atoms with Gasteiger partial charge in [-0.3, -0.25) is 9.59 Å². The molecule has 1 aromatic carbocycles. The number of hydrogen-bond acceptors (Lipinski definition) is 4. The molecule has 2 amide bonds. The van der Waals surface area contributed by atoms with E-state index < -0.39 is 11.9 Å². The van der Waals surface area contributed by atoms with E-state index in [9.17, 15) is 19.5 Å². The number of benzene rings is 1. The van der Waals surface area contributed by atoms with Gasteiger partial charge in [-0.2, -0.15) is 0 Å². The highest BCUT2D eigenvalue weighted by Gasteiger charge is 2.41. The van der Waals surface area contributed by atoms with Gasteiger partial charge in [0.25, 0.3) is 0 Å². The molecule has 0 radical (unpaired) electrons. The van der Waals surface area contributed by atoms with E-state index in [-0.39, 0.29) is 30.5 Å². The summed E-state index contributed by atoms with van der Waals surface area (Å²) >= 11 is 6.01. The van der Waals surface area contributed by atoms with Gasteiger partial charge in [0, 0.05) is 23.5 Å². The number of rotatable bonds is 7. The molecule has 3 rings (SSSR count). The van der Waals surface area contributed by atoms with E-state index >= 15 is 0 Å². The van der Waals surface area contributed by atoms with Crippen LogP contribution in [0.2, 0.25) is 5.02 Å². The number of amides is 2. The van der Waals surface area contributed by atoms with E-state index in [2.05, 4.69) is 0 Å². The molecule has 0 aromatic heterocycles. The smallest absolute Gasteiger partial charge is 0.410 e. The Kier molecular flexibility index (Phi) is 6.44. The highest BCUT2D eigenvalue weighted by molar-refractivity contribution is 6.30. The topological polar surface area (TPSA) is 87.2 Å². The molecule has 152 valence electrons. The van der Waals surface area contributed by atoms with Crippen molar-refractivity contribution in [3.63, 3.8) is 0 Å². The van der Waals surface area contributed by atoms with Crippen molar-refractivity contribution in [1.29, 1.82) is 0 Å². The number of carbonyl (C=O) groups excluding carboxylic acids is 2. The Morgan fingerprint density at radius 1 is 1.29 bits per heavy atom. The predicted octanol–water partition coefficient (Wildman–Crippen LogP) is 3.33. The van der Waals surface area contributed by atoms with E-state index in [1.807, 2.05) is 19.1 Å². The molecule has 28 heavy (non-hydrogen) atoms. The zero-order valence-corrected chi connectivity index (χ0v) is 16.6. The van der Waals surface area contributed by atoms with Crippen LogP contribution >= 0.6 is 11.6 Å². The van der Waals surface area contributed by atoms with Crippen molar-refractivity contribution < 1.29 is 24.2 Å². The molecule has 2 fully saturated rings. The molecule has 0 aliphatic carbocycles. The third kappa shape index (κ3) is 4.41. The standard InChI is InChI=1S/C20H25ClN2O5/c1-2-16(12-22-9-10-28-20(22)27)23-17(13-3-6-15(21)7-4-13)8-5-14(19(23)26)11-18(24)25/h3-4,6-7,14,16-17H,2,5,8-12H2,1H3,(H,24,25). The monoisotopic (exact) mass is 408 g/mol. The molecule has 2 saturated heterocycles. The van der Waals surface area contributed by atoms with Crippen LogP contribution in [0, 0.1) is 5.92 Å². The van der Waals surface area contributed by atoms with E-state index in [4.69, 9.17) is 16.3 Å². The molecular formula is C20H25ClN2O5. The van der Waals surface area contributed by atoms with Gasteiger partial charge in [0.15, 0.2) is 0 Å². The summed E-state index contributed by atoms with van der Waals surface area (Å²) in [6, 6.07) is 7.01. The van der Waals surface area contributed by atoms with Crippen LogP contribution in [-0.2, 0) is 14.3 Å². The molecule has 7 nitrogen and oxygen atoms in total. The number of carboxylic acid groups (broad SMARTS) is 1. The number of nitrogens with zero attached hydrogens (tertiary/aromatic N) is 2. The lowest BCUT2D eigenvalue weighted by atomic mass is 9.85. The molecule has 0 spiro atoms. The van der Waals surface area contributed by atoms with Crippen LogP contribution in [0.25, 0.3) is 0 Å². The number of carbonyl (C=O) groups is 3. The summed E-state index contributed by atoms with van der Waals surface area (Å²) in [5, 5.41) is 9.81. The van der Waals surface area contributed by atoms with Crippen LogP contribution in [-0.4, -0.2) is 58.6 Å². The van der Waals surface area contributed by atoms with Gasteiger partial charge in [0.2, 0.25) is 5.91 Å². The molecule has 1 aromatic rings. The minimum atomic E-state index is -0.973. The van der Waals surface area contributed by atoms with Gasteiger partial charge in [-0.25, -0.2) is 4.79 Å². The highest BCUT2D eigenvalue weighted by Crippen LogP contribution is 2.38. The first-order chi connectivity index (χ1) is 13.4. The second-order valence-corrected chi connectivity index (χ2v) is 7.74. The first-order valence-electron chi connectivity index (χ1n) is 9.61. The summed E-state index contributed by atoms with van der Waals surface area (Å²) in [4.78, 5) is 39.8. The summed E-state index contributed by atoms with van der Waals surface area (Å²) in [7, 11) is 0. The number of hydrogen-bond donors (Lipinski definition) is 1. The van der Waals surface area contributed by atoms with Crippen LogP contribution in [0.4, 0.5) is 4.79 Å². The number of likely N-dealkylation sites (tertiary alicyclic amines) is 1. The third-order valence-corrected chi connectivity index (χ3v) is 5.80. The fraction of sp³-hybridized carbons (Fsp3) is 0.550. The van der Waals surface area contributed by atoms with Gasteiger partial charge in [-0.1, -0.05) is 30.7 Å². The van der Waals surface area contributed by atoms with Crippen LogP contribution in [0.1, 0.15) is 44.2 Å². The molecule has 8 heteroatoms. The second kappa shape index (κ2) is 8.82. The lowest BCUT2D eigenvalue weighted by molar-refractivity contribution is -0.151. The van der Waals surface area contributed by atoms with Crippen molar-refractivity contribution in [3.8, 4) is 0 Å². The van der Waals surface area contributed by atoms with E-state index in [1.54, 1.807) is 21.9 Å². The summed E-state index contributed by atoms with van der Waals surface area (Å²) < 4.78 is 5.01. The van der Waals surface area contributed by atoms with Crippen molar-refractivity contribution in [2.24, 2.45) is 5.92 Å². The summed E-state index contributed by atoms with van der Waals surface area (Å²) in [5.41, 5.74) is 0.967. The molecule has 1 N–H and O–H groups in total. The minimum absolute atomic E-state index is 0.159. The molecule has 0 saturated carbocycles. The lowest BCUT2D eigenvalue weighted by Gasteiger charge is -2.44. The maximum absolute atomic E-state index is 13.3. The Morgan fingerprint density at radius 3 is 2.57 bits per heavy atom. The summed E-state index contributed by atoms with van der Waals surface area (Å²) in [6.45, 7) is 3.21. The van der Waals surface area contributed by atoms with Gasteiger partial charge in [-0.05, 0) is 37.0 Å². The van der Waals surface area contributed by atoms with E-state index in [0.29, 0.717) is 44.0 Å². The average molecular weight is 409 g/mol. The summed E-state index contributed by atoms with van der Waals surface area (Å²) in [5.74, 6) is -1.67. The lowest BCUT2D eigenvalue weighted by Crippen LogP contribution is -2.53. The van der Waals surface area contributed by atoms with E-state index in [0.717, 1.165) is 5.56 Å². The van der Waals surface area contributed by atoms with Gasteiger partial charge in [-0.15, -0.1) is 0 Å². The Bertz CT molecular complexity index is 739. The van der Waals surface area contributed by atoms with Crippen molar-refractivity contribution in [1.82, 2.24) is 9.80 Å². The number of ether oxygens (including phenoxy) is 1. The SMILES string of the molecule is CCC(CN1CCOC1=O)N1C(=O)C(CC(=O)O)CCC1c1ccc(Cl)cc1. The first-order valence-corrected chi connectivity index (χ1v) is 9.99. The van der Waals surface area contributed by atoms with Crippen molar-refractivity contribution in [2.45, 2.75) is 44.7 Å².